The third-order valence-electron chi connectivity index (χ3n) is 5.61. The first-order valence-electron chi connectivity index (χ1n) is 10.5. The fourth-order valence-electron chi connectivity index (χ4n) is 3.89. The highest BCUT2D eigenvalue weighted by atomic mass is 16.2. The average Bonchev–Trinajstić information content (AvgIpc) is 2.75. The minimum Gasteiger partial charge on any atom is -0.372 e. The van der Waals surface area contributed by atoms with Gasteiger partial charge in [-0.1, -0.05) is 30.3 Å². The zero-order valence-electron chi connectivity index (χ0n) is 17.4. The Balaban J connectivity index is 1.53. The second-order valence-electron chi connectivity index (χ2n) is 7.69. The van der Waals surface area contributed by atoms with Crippen LogP contribution in [-0.4, -0.2) is 36.3 Å². The zero-order chi connectivity index (χ0) is 20.6. The van der Waals surface area contributed by atoms with Gasteiger partial charge in [0.2, 0.25) is 11.8 Å². The standard InChI is InChI=1S/C24H31N3O2/c1-19(21-9-5-3-6-10-21)27(20(2)28)18-15-24(29)25-22-11-13-23(14-12-22)26-16-7-4-8-17-26/h3,5-6,9-14,19H,4,7-8,15-18H2,1-2H3,(H,25,29). The van der Waals surface area contributed by atoms with Crippen LogP contribution < -0.4 is 10.2 Å². The molecule has 1 unspecified atom stereocenters. The minimum absolute atomic E-state index is 0.0277. The Morgan fingerprint density at radius 3 is 2.28 bits per heavy atom. The highest BCUT2D eigenvalue weighted by Gasteiger charge is 2.19. The van der Waals surface area contributed by atoms with Gasteiger partial charge in [0, 0.05) is 44.4 Å². The average molecular weight is 394 g/mol. The van der Waals surface area contributed by atoms with E-state index in [1.165, 1.54) is 24.9 Å². The van der Waals surface area contributed by atoms with Gasteiger partial charge in [0.05, 0.1) is 6.04 Å². The normalized spacial score (nSPS) is 14.9. The van der Waals surface area contributed by atoms with E-state index in [0.29, 0.717) is 6.54 Å². The van der Waals surface area contributed by atoms with Crippen molar-refractivity contribution >= 4 is 23.2 Å². The predicted molar refractivity (Wildman–Crippen MR) is 118 cm³/mol. The van der Waals surface area contributed by atoms with E-state index in [1.54, 1.807) is 11.8 Å². The van der Waals surface area contributed by atoms with Crippen LogP contribution in [0.3, 0.4) is 0 Å². The minimum atomic E-state index is -0.0813. The largest absolute Gasteiger partial charge is 0.372 e. The summed E-state index contributed by atoms with van der Waals surface area (Å²) in [6, 6.07) is 17.9. The number of nitrogens with zero attached hydrogens (tertiary/aromatic N) is 2. The number of anilines is 2. The van der Waals surface area contributed by atoms with Gasteiger partial charge in [0.25, 0.3) is 0 Å². The Hall–Kier alpha value is -2.82. The molecule has 0 bridgehead atoms. The van der Waals surface area contributed by atoms with E-state index < -0.39 is 0 Å². The molecule has 0 aromatic heterocycles. The summed E-state index contributed by atoms with van der Waals surface area (Å²) in [5, 5.41) is 2.95. The molecule has 2 aromatic rings. The summed E-state index contributed by atoms with van der Waals surface area (Å²) in [4.78, 5) is 28.7. The van der Waals surface area contributed by atoms with Crippen LogP contribution in [0.15, 0.2) is 54.6 Å². The van der Waals surface area contributed by atoms with E-state index in [9.17, 15) is 9.59 Å². The van der Waals surface area contributed by atoms with Crippen LogP contribution in [0.25, 0.3) is 0 Å². The van der Waals surface area contributed by atoms with Crippen molar-refractivity contribution in [3.8, 4) is 0 Å². The van der Waals surface area contributed by atoms with Crippen molar-refractivity contribution in [3.05, 3.63) is 60.2 Å². The Labute approximate surface area is 173 Å². The van der Waals surface area contributed by atoms with Gasteiger partial charge >= 0.3 is 0 Å². The van der Waals surface area contributed by atoms with Crippen LogP contribution in [0.4, 0.5) is 11.4 Å². The van der Waals surface area contributed by atoms with Crippen LogP contribution in [0.1, 0.15) is 51.1 Å². The number of piperidine rings is 1. The maximum Gasteiger partial charge on any atom is 0.226 e. The molecular weight excluding hydrogens is 362 g/mol. The Kier molecular flexibility index (Phi) is 7.28. The van der Waals surface area contributed by atoms with Crippen molar-refractivity contribution in [2.75, 3.05) is 29.9 Å². The third kappa shape index (κ3) is 5.83. The van der Waals surface area contributed by atoms with Gasteiger partial charge in [0.1, 0.15) is 0 Å². The first kappa shape index (κ1) is 20.9. The van der Waals surface area contributed by atoms with Crippen LogP contribution in [-0.2, 0) is 9.59 Å². The zero-order valence-corrected chi connectivity index (χ0v) is 17.4. The first-order chi connectivity index (χ1) is 14.0. The van der Waals surface area contributed by atoms with E-state index >= 15 is 0 Å². The quantitative estimate of drug-likeness (QED) is 0.747. The molecule has 3 rings (SSSR count). The summed E-state index contributed by atoms with van der Waals surface area (Å²) in [5.41, 5.74) is 3.07. The van der Waals surface area contributed by atoms with Crippen molar-refractivity contribution in [1.82, 2.24) is 4.90 Å². The molecule has 1 aliphatic heterocycles. The van der Waals surface area contributed by atoms with Crippen molar-refractivity contribution < 1.29 is 9.59 Å². The third-order valence-corrected chi connectivity index (χ3v) is 5.61. The molecule has 1 heterocycles. The molecule has 1 fully saturated rings. The fraction of sp³-hybridized carbons (Fsp3) is 0.417. The molecule has 1 saturated heterocycles. The van der Waals surface area contributed by atoms with E-state index in [2.05, 4.69) is 22.3 Å². The summed E-state index contributed by atoms with van der Waals surface area (Å²) in [5.74, 6) is -0.109. The van der Waals surface area contributed by atoms with Gasteiger partial charge < -0.3 is 15.1 Å². The molecule has 0 saturated carbocycles. The Bertz CT molecular complexity index is 799. The van der Waals surface area contributed by atoms with Crippen LogP contribution >= 0.6 is 0 Å². The van der Waals surface area contributed by atoms with Crippen LogP contribution in [0.2, 0.25) is 0 Å². The molecule has 1 N–H and O–H groups in total. The molecule has 5 heteroatoms. The number of carbonyl (C=O) groups excluding carboxylic acids is 2. The summed E-state index contributed by atoms with van der Waals surface area (Å²) in [6.45, 7) is 6.14. The van der Waals surface area contributed by atoms with Crippen molar-refractivity contribution in [2.45, 2.75) is 45.6 Å². The van der Waals surface area contributed by atoms with Gasteiger partial charge in [-0.05, 0) is 56.0 Å². The predicted octanol–water partition coefficient (Wildman–Crippen LogP) is 4.62. The van der Waals surface area contributed by atoms with Crippen molar-refractivity contribution in [1.29, 1.82) is 0 Å². The molecule has 2 amide bonds. The van der Waals surface area contributed by atoms with Gasteiger partial charge in [-0.2, -0.15) is 0 Å². The number of rotatable bonds is 7. The summed E-state index contributed by atoms with van der Waals surface area (Å²) in [7, 11) is 0. The number of amides is 2. The highest BCUT2D eigenvalue weighted by molar-refractivity contribution is 5.91. The van der Waals surface area contributed by atoms with E-state index in [4.69, 9.17) is 0 Å². The monoisotopic (exact) mass is 393 g/mol. The second-order valence-corrected chi connectivity index (χ2v) is 7.69. The number of hydrogen-bond acceptors (Lipinski definition) is 3. The lowest BCUT2D eigenvalue weighted by molar-refractivity contribution is -0.131. The first-order valence-corrected chi connectivity index (χ1v) is 10.5. The summed E-state index contributed by atoms with van der Waals surface area (Å²) in [6.07, 6.45) is 4.06. The number of hydrogen-bond donors (Lipinski definition) is 1. The molecule has 0 aliphatic carbocycles. The Morgan fingerprint density at radius 2 is 1.66 bits per heavy atom. The second kappa shape index (κ2) is 10.1. The van der Waals surface area contributed by atoms with E-state index in [-0.39, 0.29) is 24.3 Å². The Morgan fingerprint density at radius 1 is 1.00 bits per heavy atom. The van der Waals surface area contributed by atoms with Gasteiger partial charge in [0.15, 0.2) is 0 Å². The maximum absolute atomic E-state index is 12.4. The topological polar surface area (TPSA) is 52.7 Å². The molecule has 2 aromatic carbocycles. The molecule has 0 spiro atoms. The smallest absolute Gasteiger partial charge is 0.226 e. The molecule has 154 valence electrons. The lowest BCUT2D eigenvalue weighted by Gasteiger charge is -2.29. The van der Waals surface area contributed by atoms with E-state index in [1.807, 2.05) is 49.4 Å². The van der Waals surface area contributed by atoms with E-state index in [0.717, 1.165) is 24.3 Å². The number of carbonyl (C=O) groups is 2. The number of benzene rings is 2. The van der Waals surface area contributed by atoms with Gasteiger partial charge in [-0.15, -0.1) is 0 Å². The van der Waals surface area contributed by atoms with Gasteiger partial charge in [-0.25, -0.2) is 0 Å². The molecule has 1 aliphatic rings. The van der Waals surface area contributed by atoms with Gasteiger partial charge in [-0.3, -0.25) is 9.59 Å². The van der Waals surface area contributed by atoms with Crippen molar-refractivity contribution in [2.24, 2.45) is 0 Å². The molecule has 5 nitrogen and oxygen atoms in total. The summed E-state index contributed by atoms with van der Waals surface area (Å²) < 4.78 is 0. The molecular formula is C24H31N3O2. The molecule has 0 radical (unpaired) electrons. The number of nitrogens with one attached hydrogen (secondary N) is 1. The molecule has 29 heavy (non-hydrogen) atoms. The van der Waals surface area contributed by atoms with Crippen LogP contribution in [0.5, 0.6) is 0 Å². The summed E-state index contributed by atoms with van der Waals surface area (Å²) >= 11 is 0. The van der Waals surface area contributed by atoms with Crippen LogP contribution in [0, 0.1) is 0 Å². The fourth-order valence-corrected chi connectivity index (χ4v) is 3.89. The SMILES string of the molecule is CC(=O)N(CCC(=O)Nc1ccc(N2CCCCC2)cc1)C(C)c1ccccc1. The molecule has 1 atom stereocenters. The van der Waals surface area contributed by atoms with Crippen molar-refractivity contribution in [3.63, 3.8) is 0 Å². The highest BCUT2D eigenvalue weighted by Crippen LogP contribution is 2.23. The lowest BCUT2D eigenvalue weighted by Crippen LogP contribution is -2.34. The maximum atomic E-state index is 12.4. The lowest BCUT2D eigenvalue weighted by atomic mass is 10.1.